The van der Waals surface area contributed by atoms with Crippen molar-refractivity contribution in [2.75, 3.05) is 20.1 Å². The number of hydrogen-bond donors (Lipinski definition) is 2. The van der Waals surface area contributed by atoms with Gasteiger partial charge in [0.15, 0.2) is 0 Å². The number of amides is 2. The average molecular weight is 415 g/mol. The molecule has 0 saturated carbocycles. The number of benzene rings is 1. The molecule has 29 heavy (non-hydrogen) atoms. The van der Waals surface area contributed by atoms with Crippen LogP contribution in [0.1, 0.15) is 18.9 Å². The maximum atomic E-state index is 12.0. The number of carboxylic acid groups (broad SMARTS) is 1. The number of nitrogens with zero attached hydrogens (tertiary/aromatic N) is 2. The Bertz CT molecular complexity index is 742. The van der Waals surface area contributed by atoms with Crippen LogP contribution >= 0.6 is 0 Å². The summed E-state index contributed by atoms with van der Waals surface area (Å²) in [6.07, 6.45) is -4.31. The summed E-state index contributed by atoms with van der Waals surface area (Å²) in [7, 11) is 1.64. The summed E-state index contributed by atoms with van der Waals surface area (Å²) in [5.41, 5.74) is 1.29. The zero-order valence-electron chi connectivity index (χ0n) is 16.1. The average Bonchev–Trinajstić information content (AvgIpc) is 3.18. The topological polar surface area (TPSA) is 90.0 Å². The highest BCUT2D eigenvalue weighted by atomic mass is 19.4. The molecule has 2 aliphatic heterocycles. The minimum Gasteiger partial charge on any atom is -0.475 e. The van der Waals surface area contributed by atoms with Gasteiger partial charge in [0.05, 0.1) is 0 Å². The van der Waals surface area contributed by atoms with Gasteiger partial charge in [-0.25, -0.2) is 4.79 Å². The SMILES string of the molecule is CNC(=O)[C@H]1C[C@@H]2CN(Cc3ccccc3)C[C@@H]2N1C(C)=O.O=C(O)C(F)(F)F. The molecule has 0 aliphatic carbocycles. The fourth-order valence-electron chi connectivity index (χ4n) is 3.94. The molecule has 10 heteroatoms. The van der Waals surface area contributed by atoms with Crippen LogP contribution in [0.2, 0.25) is 0 Å². The lowest BCUT2D eigenvalue weighted by molar-refractivity contribution is -0.192. The van der Waals surface area contributed by atoms with Crippen LogP contribution in [0.25, 0.3) is 0 Å². The van der Waals surface area contributed by atoms with Gasteiger partial charge in [0, 0.05) is 39.6 Å². The quantitative estimate of drug-likeness (QED) is 0.781. The molecule has 2 aliphatic rings. The molecule has 2 N–H and O–H groups in total. The van der Waals surface area contributed by atoms with Crippen molar-refractivity contribution in [1.29, 1.82) is 0 Å². The van der Waals surface area contributed by atoms with E-state index in [1.807, 2.05) is 6.07 Å². The lowest BCUT2D eigenvalue weighted by atomic mass is 10.0. The Balaban J connectivity index is 0.000000370. The van der Waals surface area contributed by atoms with Crippen LogP contribution < -0.4 is 5.32 Å². The Labute approximate surface area is 166 Å². The molecule has 0 radical (unpaired) electrons. The van der Waals surface area contributed by atoms with E-state index in [0.717, 1.165) is 26.1 Å². The predicted octanol–water partition coefficient (Wildman–Crippen LogP) is 1.49. The zero-order chi connectivity index (χ0) is 21.8. The van der Waals surface area contributed by atoms with Gasteiger partial charge >= 0.3 is 12.1 Å². The third-order valence-electron chi connectivity index (χ3n) is 5.11. The molecule has 0 bridgehead atoms. The predicted molar refractivity (Wildman–Crippen MR) is 97.7 cm³/mol. The van der Waals surface area contributed by atoms with Gasteiger partial charge in [-0.15, -0.1) is 0 Å². The van der Waals surface area contributed by atoms with Gasteiger partial charge in [0.2, 0.25) is 11.8 Å². The number of alkyl halides is 3. The van der Waals surface area contributed by atoms with E-state index in [1.165, 1.54) is 5.56 Å². The molecule has 1 aromatic rings. The van der Waals surface area contributed by atoms with E-state index in [4.69, 9.17) is 9.90 Å². The minimum absolute atomic E-state index is 0.00246. The number of likely N-dealkylation sites (tertiary alicyclic amines) is 2. The summed E-state index contributed by atoms with van der Waals surface area (Å²) in [6.45, 7) is 4.28. The smallest absolute Gasteiger partial charge is 0.475 e. The maximum absolute atomic E-state index is 12.0. The number of carbonyl (C=O) groups is 3. The zero-order valence-corrected chi connectivity index (χ0v) is 16.1. The number of nitrogens with one attached hydrogen (secondary N) is 1. The third-order valence-corrected chi connectivity index (χ3v) is 5.11. The van der Waals surface area contributed by atoms with Crippen molar-refractivity contribution in [3.05, 3.63) is 35.9 Å². The highest BCUT2D eigenvalue weighted by Gasteiger charge is 2.49. The number of halogens is 3. The Morgan fingerprint density at radius 3 is 2.24 bits per heavy atom. The van der Waals surface area contributed by atoms with Crippen molar-refractivity contribution in [3.63, 3.8) is 0 Å². The maximum Gasteiger partial charge on any atom is 0.490 e. The Morgan fingerprint density at radius 2 is 1.76 bits per heavy atom. The molecule has 3 atom stereocenters. The van der Waals surface area contributed by atoms with Crippen LogP contribution in [-0.4, -0.2) is 71.1 Å². The van der Waals surface area contributed by atoms with Crippen LogP contribution in [0.5, 0.6) is 0 Å². The highest BCUT2D eigenvalue weighted by molar-refractivity contribution is 5.87. The van der Waals surface area contributed by atoms with E-state index >= 15 is 0 Å². The standard InChI is InChI=1S/C17H23N3O2.C2HF3O2/c1-12(21)20-15(17(22)18-2)8-14-10-19(11-16(14)20)9-13-6-4-3-5-7-13;3-2(4,5)1(6)7/h3-7,14-16H,8-11H2,1-2H3,(H,18,22);(H,6,7)/t14-,15-,16+;/m1./s1. The van der Waals surface area contributed by atoms with Crippen molar-refractivity contribution in [1.82, 2.24) is 15.1 Å². The Kier molecular flexibility index (Phi) is 7.23. The van der Waals surface area contributed by atoms with Gasteiger partial charge in [0.25, 0.3) is 0 Å². The molecular formula is C19H24F3N3O4. The molecular weight excluding hydrogens is 391 g/mol. The molecule has 2 saturated heterocycles. The van der Waals surface area contributed by atoms with Gasteiger partial charge in [-0.3, -0.25) is 14.5 Å². The first-order chi connectivity index (χ1) is 13.5. The Morgan fingerprint density at radius 1 is 1.17 bits per heavy atom. The first kappa shape index (κ1) is 22.7. The van der Waals surface area contributed by atoms with Gasteiger partial charge < -0.3 is 15.3 Å². The van der Waals surface area contributed by atoms with Gasteiger partial charge in [-0.1, -0.05) is 30.3 Å². The van der Waals surface area contributed by atoms with E-state index in [0.29, 0.717) is 5.92 Å². The number of fused-ring (bicyclic) bond motifs is 1. The molecule has 0 unspecified atom stereocenters. The number of hydrogen-bond acceptors (Lipinski definition) is 4. The van der Waals surface area contributed by atoms with Crippen LogP contribution in [0, 0.1) is 5.92 Å². The van der Waals surface area contributed by atoms with Crippen molar-refractivity contribution in [2.24, 2.45) is 5.92 Å². The number of likely N-dealkylation sites (N-methyl/N-ethyl adjacent to an activating group) is 1. The minimum atomic E-state index is -5.08. The van der Waals surface area contributed by atoms with E-state index in [2.05, 4.69) is 34.5 Å². The molecule has 160 valence electrons. The van der Waals surface area contributed by atoms with Crippen LogP contribution in [0.3, 0.4) is 0 Å². The first-order valence-corrected chi connectivity index (χ1v) is 9.11. The third kappa shape index (κ3) is 5.69. The van der Waals surface area contributed by atoms with Crippen molar-refractivity contribution in [3.8, 4) is 0 Å². The lowest BCUT2D eigenvalue weighted by Crippen LogP contribution is -2.49. The Hall–Kier alpha value is -2.62. The second kappa shape index (κ2) is 9.25. The summed E-state index contributed by atoms with van der Waals surface area (Å²) in [5.74, 6) is -2.40. The normalized spacial score (nSPS) is 23.8. The number of aliphatic carboxylic acids is 1. The highest BCUT2D eigenvalue weighted by Crippen LogP contribution is 2.36. The fraction of sp³-hybridized carbons (Fsp3) is 0.526. The largest absolute Gasteiger partial charge is 0.490 e. The molecule has 1 aromatic carbocycles. The van der Waals surface area contributed by atoms with Crippen molar-refractivity contribution >= 4 is 17.8 Å². The summed E-state index contributed by atoms with van der Waals surface area (Å²) in [5, 5.41) is 9.81. The van der Waals surface area contributed by atoms with E-state index in [1.54, 1.807) is 18.9 Å². The number of carboxylic acids is 1. The van der Waals surface area contributed by atoms with Gasteiger partial charge in [0.1, 0.15) is 6.04 Å². The molecule has 2 fully saturated rings. The summed E-state index contributed by atoms with van der Waals surface area (Å²) >= 11 is 0. The lowest BCUT2D eigenvalue weighted by Gasteiger charge is -2.28. The monoisotopic (exact) mass is 415 g/mol. The molecule has 2 heterocycles. The molecule has 0 aromatic heterocycles. The van der Waals surface area contributed by atoms with Gasteiger partial charge in [-0.2, -0.15) is 13.2 Å². The second-order valence-corrected chi connectivity index (χ2v) is 7.10. The van der Waals surface area contributed by atoms with Crippen LogP contribution in [-0.2, 0) is 20.9 Å². The van der Waals surface area contributed by atoms with Crippen molar-refractivity contribution in [2.45, 2.75) is 38.1 Å². The number of carbonyl (C=O) groups excluding carboxylic acids is 2. The van der Waals surface area contributed by atoms with Crippen LogP contribution in [0.15, 0.2) is 30.3 Å². The molecule has 3 rings (SSSR count). The van der Waals surface area contributed by atoms with E-state index in [-0.39, 0.29) is 23.9 Å². The summed E-state index contributed by atoms with van der Waals surface area (Å²) < 4.78 is 31.7. The number of rotatable bonds is 3. The first-order valence-electron chi connectivity index (χ1n) is 9.11. The summed E-state index contributed by atoms with van der Waals surface area (Å²) in [4.78, 5) is 37.1. The fourth-order valence-corrected chi connectivity index (χ4v) is 3.94. The van der Waals surface area contributed by atoms with E-state index < -0.39 is 12.1 Å². The second-order valence-electron chi connectivity index (χ2n) is 7.10. The van der Waals surface area contributed by atoms with Crippen LogP contribution in [0.4, 0.5) is 13.2 Å². The van der Waals surface area contributed by atoms with Gasteiger partial charge in [-0.05, 0) is 17.9 Å². The summed E-state index contributed by atoms with van der Waals surface area (Å²) in [6, 6.07) is 10.3. The van der Waals surface area contributed by atoms with Crippen molar-refractivity contribution < 1.29 is 32.7 Å². The van der Waals surface area contributed by atoms with E-state index in [9.17, 15) is 22.8 Å². The molecule has 0 spiro atoms. The molecule has 2 amide bonds. The molecule has 7 nitrogen and oxygen atoms in total.